The molecule has 0 amide bonds. The lowest BCUT2D eigenvalue weighted by atomic mass is 10.0. The molecule has 1 heterocycles. The third-order valence-electron chi connectivity index (χ3n) is 4.52. The number of morpholine rings is 1. The molecule has 1 aliphatic rings. The van der Waals surface area contributed by atoms with Crippen molar-refractivity contribution in [2.24, 2.45) is 0 Å². The van der Waals surface area contributed by atoms with Crippen LogP contribution in [0.4, 0.5) is 0 Å². The maximum Gasteiger partial charge on any atom is 0.323 e. The average molecular weight is 346 g/mol. The van der Waals surface area contributed by atoms with Crippen LogP contribution in [0.5, 0.6) is 5.75 Å². The van der Waals surface area contributed by atoms with Crippen molar-refractivity contribution in [3.05, 3.63) is 28.8 Å². The van der Waals surface area contributed by atoms with E-state index in [1.165, 1.54) is 0 Å². The Labute approximate surface area is 149 Å². The van der Waals surface area contributed by atoms with E-state index in [1.54, 1.807) is 0 Å². The van der Waals surface area contributed by atoms with E-state index in [2.05, 4.69) is 12.1 Å². The lowest BCUT2D eigenvalue weighted by Crippen LogP contribution is -2.49. The number of nitrogens with zero attached hydrogens (tertiary/aromatic N) is 2. The quantitative estimate of drug-likeness (QED) is 0.729. The van der Waals surface area contributed by atoms with Crippen molar-refractivity contribution in [1.29, 1.82) is 5.26 Å². The number of unbranched alkanes of at least 4 members (excludes halogenated alkanes) is 2. The normalized spacial score (nSPS) is 17.9. The first-order valence-electron chi connectivity index (χ1n) is 8.67. The molecule has 136 valence electrons. The van der Waals surface area contributed by atoms with E-state index < -0.39 is 12.0 Å². The molecule has 1 saturated heterocycles. The Kier molecular flexibility index (Phi) is 7.23. The Balaban J connectivity index is 2.10. The second-order valence-electron chi connectivity index (χ2n) is 6.41. The molecule has 0 bridgehead atoms. The van der Waals surface area contributed by atoms with Crippen LogP contribution >= 0.6 is 0 Å². The number of aryl methyl sites for hydroxylation is 2. The number of carbonyl (C=O) groups is 1. The van der Waals surface area contributed by atoms with Crippen molar-refractivity contribution in [2.75, 3.05) is 26.4 Å². The van der Waals surface area contributed by atoms with Gasteiger partial charge in [0.25, 0.3) is 0 Å². The summed E-state index contributed by atoms with van der Waals surface area (Å²) in [5.74, 6) is -0.0572. The van der Waals surface area contributed by atoms with E-state index in [0.29, 0.717) is 32.7 Å². The largest absolute Gasteiger partial charge is 0.493 e. The summed E-state index contributed by atoms with van der Waals surface area (Å²) in [5.41, 5.74) is 3.30. The highest BCUT2D eigenvalue weighted by molar-refractivity contribution is 5.73. The molecule has 1 N–H and O–H groups in total. The first-order chi connectivity index (χ1) is 12.0. The molecule has 6 nitrogen and oxygen atoms in total. The van der Waals surface area contributed by atoms with Gasteiger partial charge in [0.1, 0.15) is 11.8 Å². The van der Waals surface area contributed by atoms with Gasteiger partial charge in [0.15, 0.2) is 0 Å². The molecule has 0 radical (unpaired) electrons. The number of carboxylic acid groups (broad SMARTS) is 1. The first kappa shape index (κ1) is 19.2. The summed E-state index contributed by atoms with van der Waals surface area (Å²) in [4.78, 5) is 13.4. The number of benzene rings is 1. The highest BCUT2D eigenvalue weighted by atomic mass is 16.5. The highest BCUT2D eigenvalue weighted by Gasteiger charge is 2.29. The fraction of sp³-hybridized carbons (Fsp3) is 0.579. The van der Waals surface area contributed by atoms with Gasteiger partial charge in [0, 0.05) is 25.1 Å². The molecule has 1 aliphatic heterocycles. The van der Waals surface area contributed by atoms with Crippen molar-refractivity contribution in [3.63, 3.8) is 0 Å². The van der Waals surface area contributed by atoms with E-state index in [1.807, 2.05) is 24.8 Å². The molecule has 1 aromatic carbocycles. The van der Waals surface area contributed by atoms with Crippen molar-refractivity contribution in [3.8, 4) is 11.8 Å². The van der Waals surface area contributed by atoms with Crippen LogP contribution in [0.1, 0.15) is 36.0 Å². The van der Waals surface area contributed by atoms with Crippen LogP contribution in [0.3, 0.4) is 0 Å². The van der Waals surface area contributed by atoms with Crippen molar-refractivity contribution < 1.29 is 19.4 Å². The van der Waals surface area contributed by atoms with Crippen molar-refractivity contribution in [1.82, 2.24) is 4.90 Å². The van der Waals surface area contributed by atoms with E-state index >= 15 is 0 Å². The fourth-order valence-electron chi connectivity index (χ4n) is 2.87. The zero-order valence-corrected chi connectivity index (χ0v) is 15.0. The number of rotatable bonds is 8. The number of hydrogen-bond donors (Lipinski definition) is 1. The molecule has 6 heteroatoms. The average Bonchev–Trinajstić information content (AvgIpc) is 2.59. The Morgan fingerprint density at radius 2 is 2.16 bits per heavy atom. The van der Waals surface area contributed by atoms with Crippen LogP contribution in [0.2, 0.25) is 0 Å². The van der Waals surface area contributed by atoms with Gasteiger partial charge in [-0.2, -0.15) is 5.26 Å². The van der Waals surface area contributed by atoms with Gasteiger partial charge in [-0.3, -0.25) is 9.69 Å². The lowest BCUT2D eigenvalue weighted by Gasteiger charge is -2.33. The molecule has 1 atom stereocenters. The van der Waals surface area contributed by atoms with Crippen LogP contribution < -0.4 is 4.74 Å². The Morgan fingerprint density at radius 3 is 2.88 bits per heavy atom. The van der Waals surface area contributed by atoms with Crippen LogP contribution in [0.15, 0.2) is 12.1 Å². The van der Waals surface area contributed by atoms with Gasteiger partial charge in [-0.1, -0.05) is 6.07 Å². The molecule has 0 unspecified atom stereocenters. The standard InChI is InChI=1S/C19H26N2O4/c1-14-10-16(12-21-7-9-24-13-17(21)19(22)23)18(11-15(14)2)25-8-5-3-4-6-20/h10-11,17H,3-5,7-9,12-13H2,1-2H3,(H,22,23)/t17-/m0/s1. The maximum atomic E-state index is 11.5. The van der Waals surface area contributed by atoms with E-state index in [-0.39, 0.29) is 6.61 Å². The minimum atomic E-state index is -0.859. The van der Waals surface area contributed by atoms with E-state index in [9.17, 15) is 9.90 Å². The summed E-state index contributed by atoms with van der Waals surface area (Å²) in [5, 5.41) is 18.0. The molecule has 1 aromatic rings. The number of carboxylic acids is 1. The number of hydrogen-bond acceptors (Lipinski definition) is 5. The monoisotopic (exact) mass is 346 g/mol. The molecular formula is C19H26N2O4. The number of aliphatic carboxylic acids is 1. The third kappa shape index (κ3) is 5.45. The molecule has 0 saturated carbocycles. The van der Waals surface area contributed by atoms with Gasteiger partial charge >= 0.3 is 5.97 Å². The fourth-order valence-corrected chi connectivity index (χ4v) is 2.87. The van der Waals surface area contributed by atoms with Crippen molar-refractivity contribution >= 4 is 5.97 Å². The summed E-state index contributed by atoms with van der Waals surface area (Å²) in [6.45, 7) is 6.51. The molecule has 25 heavy (non-hydrogen) atoms. The Hall–Kier alpha value is -2.10. The lowest BCUT2D eigenvalue weighted by molar-refractivity contribution is -0.150. The van der Waals surface area contributed by atoms with Crippen LogP contribution in [-0.4, -0.2) is 48.4 Å². The summed E-state index contributed by atoms with van der Waals surface area (Å²) in [6, 6.07) is 5.60. The van der Waals surface area contributed by atoms with E-state index in [0.717, 1.165) is 35.3 Å². The van der Waals surface area contributed by atoms with E-state index in [4.69, 9.17) is 14.7 Å². The predicted octanol–water partition coefficient (Wildman–Crippen LogP) is 2.66. The van der Waals surface area contributed by atoms with Gasteiger partial charge in [-0.15, -0.1) is 0 Å². The Morgan fingerprint density at radius 1 is 1.40 bits per heavy atom. The second kappa shape index (κ2) is 9.40. The smallest absolute Gasteiger partial charge is 0.323 e. The first-order valence-corrected chi connectivity index (χ1v) is 8.67. The molecule has 0 spiro atoms. The predicted molar refractivity (Wildman–Crippen MR) is 93.5 cm³/mol. The third-order valence-corrected chi connectivity index (χ3v) is 4.52. The van der Waals surface area contributed by atoms with Crippen LogP contribution in [0, 0.1) is 25.2 Å². The minimum absolute atomic E-state index is 0.213. The summed E-state index contributed by atoms with van der Waals surface area (Å²) < 4.78 is 11.2. The van der Waals surface area contributed by atoms with Crippen molar-refractivity contribution in [2.45, 2.75) is 45.7 Å². The Bertz CT molecular complexity index is 639. The van der Waals surface area contributed by atoms with Gasteiger partial charge in [-0.05, 0) is 43.9 Å². The SMILES string of the molecule is Cc1cc(CN2CCOC[C@H]2C(=O)O)c(OCCCCC#N)cc1C. The summed E-state index contributed by atoms with van der Waals surface area (Å²) in [7, 11) is 0. The highest BCUT2D eigenvalue weighted by Crippen LogP contribution is 2.26. The van der Waals surface area contributed by atoms with Gasteiger partial charge in [0.05, 0.1) is 25.9 Å². The molecule has 0 aromatic heterocycles. The second-order valence-corrected chi connectivity index (χ2v) is 6.41. The molecule has 1 fully saturated rings. The minimum Gasteiger partial charge on any atom is -0.493 e. The topological polar surface area (TPSA) is 82.8 Å². The van der Waals surface area contributed by atoms with Crippen LogP contribution in [0.25, 0.3) is 0 Å². The van der Waals surface area contributed by atoms with Gasteiger partial charge in [-0.25, -0.2) is 0 Å². The maximum absolute atomic E-state index is 11.5. The zero-order valence-electron chi connectivity index (χ0n) is 15.0. The van der Waals surface area contributed by atoms with Gasteiger partial charge < -0.3 is 14.6 Å². The molecule has 0 aliphatic carbocycles. The zero-order chi connectivity index (χ0) is 18.2. The molecular weight excluding hydrogens is 320 g/mol. The molecule has 2 rings (SSSR count). The number of ether oxygens (including phenoxy) is 2. The van der Waals surface area contributed by atoms with Crippen LogP contribution in [-0.2, 0) is 16.1 Å². The summed E-state index contributed by atoms with van der Waals surface area (Å²) >= 11 is 0. The van der Waals surface area contributed by atoms with Gasteiger partial charge in [0.2, 0.25) is 0 Å². The number of nitriles is 1. The summed E-state index contributed by atoms with van der Waals surface area (Å²) in [6.07, 6.45) is 2.19.